The van der Waals surface area contributed by atoms with E-state index in [9.17, 15) is 43.9 Å². The van der Waals surface area contributed by atoms with Gasteiger partial charge in [-0.3, -0.25) is 4.39 Å². The van der Waals surface area contributed by atoms with E-state index < -0.39 is 63.5 Å². The molecule has 4 aromatic rings. The van der Waals surface area contributed by atoms with Crippen LogP contribution in [-0.2, 0) is 0 Å². The van der Waals surface area contributed by atoms with E-state index in [0.29, 0.717) is 18.3 Å². The zero-order chi connectivity index (χ0) is 30.3. The van der Waals surface area contributed by atoms with E-state index in [4.69, 9.17) is 0 Å². The summed E-state index contributed by atoms with van der Waals surface area (Å²) in [4.78, 5) is 0. The highest BCUT2D eigenvalue weighted by molar-refractivity contribution is 5.75. The number of alkyl halides is 1. The molecule has 0 aliphatic heterocycles. The van der Waals surface area contributed by atoms with E-state index in [1.165, 1.54) is 12.2 Å². The minimum absolute atomic E-state index is 0.266. The molecule has 0 amide bonds. The van der Waals surface area contributed by atoms with Gasteiger partial charge in [0.05, 0.1) is 12.7 Å². The van der Waals surface area contributed by atoms with Crippen LogP contribution in [0.25, 0.3) is 36.5 Å². The second-order valence-electron chi connectivity index (χ2n) is 8.20. The molecule has 0 heterocycles. The van der Waals surface area contributed by atoms with Crippen molar-refractivity contribution in [3.05, 3.63) is 140 Å². The maximum Gasteiger partial charge on any atom is 0.200 e. The molecule has 0 aliphatic rings. The first-order chi connectivity index (χ1) is 19.6. The molecule has 10 heteroatoms. The van der Waals surface area contributed by atoms with Crippen LogP contribution in [0.4, 0.5) is 43.9 Å². The SMILES string of the molecule is CF.Fc1cc(F)c(/C=C/c2ccc(/C=C/c3ccc(/C=C/c4c(F)c(F)c(F)c(F)c4F)cc3)cc2)c(F)c1F. The van der Waals surface area contributed by atoms with Crippen LogP contribution in [0, 0.1) is 52.4 Å². The topological polar surface area (TPSA) is 0 Å². The van der Waals surface area contributed by atoms with Gasteiger partial charge in [-0.05, 0) is 34.4 Å². The van der Waals surface area contributed by atoms with Crippen LogP contribution in [-0.4, -0.2) is 7.18 Å². The normalized spacial score (nSPS) is 11.5. The molecule has 4 aromatic carbocycles. The Labute approximate surface area is 228 Å². The minimum Gasteiger partial charge on any atom is -0.255 e. The molecule has 4 rings (SSSR count). The summed E-state index contributed by atoms with van der Waals surface area (Å²) in [5, 5.41) is 0. The molecular formula is C31H18F10. The van der Waals surface area contributed by atoms with Crippen molar-refractivity contribution in [3.63, 3.8) is 0 Å². The Kier molecular flexibility index (Phi) is 10.3. The van der Waals surface area contributed by atoms with Gasteiger partial charge in [0, 0.05) is 11.6 Å². The largest absolute Gasteiger partial charge is 0.255 e. The highest BCUT2D eigenvalue weighted by atomic mass is 19.2. The monoisotopic (exact) mass is 580 g/mol. The fraction of sp³-hybridized carbons (Fsp3) is 0.0323. The number of rotatable bonds is 6. The quantitative estimate of drug-likeness (QED) is 0.0922. The van der Waals surface area contributed by atoms with Gasteiger partial charge in [-0.25, -0.2) is 39.5 Å². The van der Waals surface area contributed by atoms with Gasteiger partial charge in [-0.15, -0.1) is 0 Å². The fourth-order valence-corrected chi connectivity index (χ4v) is 3.49. The van der Waals surface area contributed by atoms with Crippen LogP contribution in [0.2, 0.25) is 0 Å². The van der Waals surface area contributed by atoms with Crippen LogP contribution in [0.5, 0.6) is 0 Å². The van der Waals surface area contributed by atoms with E-state index >= 15 is 0 Å². The van der Waals surface area contributed by atoms with Gasteiger partial charge >= 0.3 is 0 Å². The van der Waals surface area contributed by atoms with Crippen molar-refractivity contribution in [2.75, 3.05) is 7.18 Å². The maximum atomic E-state index is 13.8. The molecule has 0 radical (unpaired) electrons. The van der Waals surface area contributed by atoms with Gasteiger partial charge in [0.25, 0.3) is 0 Å². The summed E-state index contributed by atoms with van der Waals surface area (Å²) in [5.74, 6) is -16.4. The first-order valence-electron chi connectivity index (χ1n) is 11.5. The molecular weight excluding hydrogens is 562 g/mol. The van der Waals surface area contributed by atoms with Gasteiger partial charge in [0.2, 0.25) is 5.82 Å². The third-order valence-corrected chi connectivity index (χ3v) is 5.62. The van der Waals surface area contributed by atoms with Crippen LogP contribution in [0.3, 0.4) is 0 Å². The minimum atomic E-state index is -2.23. The maximum absolute atomic E-state index is 13.8. The van der Waals surface area contributed by atoms with Gasteiger partial charge in [-0.1, -0.05) is 72.8 Å². The lowest BCUT2D eigenvalue weighted by atomic mass is 10.1. The Bertz CT molecular complexity index is 1590. The van der Waals surface area contributed by atoms with Crippen molar-refractivity contribution in [1.29, 1.82) is 0 Å². The Morgan fingerprint density at radius 2 is 0.634 bits per heavy atom. The van der Waals surface area contributed by atoms with Gasteiger partial charge in [0.1, 0.15) is 5.82 Å². The van der Waals surface area contributed by atoms with E-state index in [0.717, 1.165) is 23.3 Å². The molecule has 0 atom stereocenters. The fourth-order valence-electron chi connectivity index (χ4n) is 3.49. The lowest BCUT2D eigenvalue weighted by Crippen LogP contribution is -2.03. The molecule has 0 N–H and O–H groups in total. The average Bonchev–Trinajstić information content (AvgIpc) is 2.99. The number of hydrogen-bond acceptors (Lipinski definition) is 0. The van der Waals surface area contributed by atoms with E-state index in [1.54, 1.807) is 60.7 Å². The third-order valence-electron chi connectivity index (χ3n) is 5.62. The summed E-state index contributed by atoms with van der Waals surface area (Å²) in [5.41, 5.74) is 0.725. The second-order valence-corrected chi connectivity index (χ2v) is 8.20. The summed E-state index contributed by atoms with van der Waals surface area (Å²) < 4.78 is 131. The number of halogens is 10. The standard InChI is InChI=1S/C30H15F9.CH3F/c31-22-15-23(32)27(36)24(33)20(22)13-11-18-7-3-16(4-8-18)1-2-17-5-9-19(10-6-17)12-14-21-25(34)28(37)30(39)29(38)26(21)35;1-2/h1-15H;1H3/b2-1+,13-11+,14-12+;. The van der Waals surface area contributed by atoms with Crippen molar-refractivity contribution in [2.45, 2.75) is 0 Å². The van der Waals surface area contributed by atoms with Crippen LogP contribution in [0.1, 0.15) is 33.4 Å². The second kappa shape index (κ2) is 13.6. The van der Waals surface area contributed by atoms with Gasteiger partial charge in [0.15, 0.2) is 40.7 Å². The number of benzene rings is 4. The predicted octanol–water partition coefficient (Wildman–Crippen LogP) is 10.0. The molecule has 0 aliphatic carbocycles. The summed E-state index contributed by atoms with van der Waals surface area (Å²) in [6.45, 7) is 0. The predicted molar refractivity (Wildman–Crippen MR) is 139 cm³/mol. The smallest absolute Gasteiger partial charge is 0.200 e. The zero-order valence-electron chi connectivity index (χ0n) is 20.9. The van der Waals surface area contributed by atoms with E-state index in [1.807, 2.05) is 0 Å². The van der Waals surface area contributed by atoms with Crippen molar-refractivity contribution < 1.29 is 43.9 Å². The van der Waals surface area contributed by atoms with Crippen LogP contribution in [0.15, 0.2) is 54.6 Å². The molecule has 0 fully saturated rings. The van der Waals surface area contributed by atoms with Crippen LogP contribution < -0.4 is 0 Å². The molecule has 212 valence electrons. The highest BCUT2D eigenvalue weighted by Crippen LogP contribution is 2.25. The highest BCUT2D eigenvalue weighted by Gasteiger charge is 2.24. The molecule has 41 heavy (non-hydrogen) atoms. The van der Waals surface area contributed by atoms with Crippen LogP contribution >= 0.6 is 0 Å². The zero-order valence-corrected chi connectivity index (χ0v) is 20.9. The summed E-state index contributed by atoms with van der Waals surface area (Å²) in [6.07, 6.45) is 7.84. The van der Waals surface area contributed by atoms with E-state index in [-0.39, 0.29) is 6.07 Å². The summed E-state index contributed by atoms with van der Waals surface area (Å²) >= 11 is 0. The molecule has 0 saturated carbocycles. The molecule has 0 bridgehead atoms. The van der Waals surface area contributed by atoms with Crippen molar-refractivity contribution in [1.82, 2.24) is 0 Å². The lowest BCUT2D eigenvalue weighted by Gasteiger charge is -2.04. The Morgan fingerprint density at radius 1 is 0.341 bits per heavy atom. The molecule has 0 spiro atoms. The van der Waals surface area contributed by atoms with Crippen molar-refractivity contribution in [2.24, 2.45) is 0 Å². The lowest BCUT2D eigenvalue weighted by molar-refractivity contribution is 0.377. The molecule has 0 aromatic heterocycles. The number of hydrogen-bond donors (Lipinski definition) is 0. The molecule has 0 unspecified atom stereocenters. The average molecular weight is 580 g/mol. The third kappa shape index (κ3) is 7.13. The van der Waals surface area contributed by atoms with Crippen molar-refractivity contribution in [3.8, 4) is 0 Å². The summed E-state index contributed by atoms with van der Waals surface area (Å²) in [6, 6.07) is 13.4. The molecule has 0 saturated heterocycles. The first-order valence-corrected chi connectivity index (χ1v) is 11.5. The Morgan fingerprint density at radius 3 is 1.02 bits per heavy atom. The molecule has 0 nitrogen and oxygen atoms in total. The Hall–Kier alpha value is -4.60. The Balaban J connectivity index is 0.00000226. The van der Waals surface area contributed by atoms with Gasteiger partial charge in [-0.2, -0.15) is 0 Å². The van der Waals surface area contributed by atoms with E-state index in [2.05, 4.69) is 0 Å². The summed E-state index contributed by atoms with van der Waals surface area (Å²) in [7, 11) is 0.500. The van der Waals surface area contributed by atoms with Gasteiger partial charge < -0.3 is 0 Å². The van der Waals surface area contributed by atoms with Crippen molar-refractivity contribution >= 4 is 36.5 Å². The first kappa shape index (κ1) is 30.9.